The van der Waals surface area contributed by atoms with Gasteiger partial charge in [0.15, 0.2) is 0 Å². The third kappa shape index (κ3) is 3.50. The van der Waals surface area contributed by atoms with Crippen molar-refractivity contribution in [2.24, 2.45) is 5.73 Å². The van der Waals surface area contributed by atoms with Gasteiger partial charge in [-0.05, 0) is 6.07 Å². The number of hydrogen-bond acceptors (Lipinski definition) is 4. The van der Waals surface area contributed by atoms with Crippen molar-refractivity contribution in [2.45, 2.75) is 25.9 Å². The Morgan fingerprint density at radius 3 is 2.39 bits per heavy atom. The molecule has 1 heterocycles. The van der Waals surface area contributed by atoms with E-state index in [0.29, 0.717) is 6.07 Å². The van der Waals surface area contributed by atoms with Crippen LogP contribution < -0.4 is 10.5 Å². The maximum atomic E-state index is 12.6. The number of ether oxygens (including phenoxy) is 1. The smallest absolute Gasteiger partial charge is 0.391 e. The molecule has 1 aromatic rings. The average Bonchev–Trinajstić information content (AvgIpc) is 2.25. The first-order chi connectivity index (χ1) is 8.28. The van der Waals surface area contributed by atoms with Crippen LogP contribution in [0.2, 0.25) is 0 Å². The van der Waals surface area contributed by atoms with Crippen LogP contribution in [0.5, 0.6) is 5.88 Å². The molecule has 0 aromatic carbocycles. The van der Waals surface area contributed by atoms with Gasteiger partial charge in [0.1, 0.15) is 0 Å². The van der Waals surface area contributed by atoms with Crippen molar-refractivity contribution in [3.8, 4) is 5.88 Å². The molecule has 0 aliphatic rings. The van der Waals surface area contributed by atoms with Crippen molar-refractivity contribution < 1.29 is 31.8 Å². The topological polar surface area (TPSA) is 68.4 Å². The molecule has 0 aliphatic carbocycles. The Balaban J connectivity index is 3.26. The Kier molecular flexibility index (Phi) is 4.41. The van der Waals surface area contributed by atoms with E-state index in [1.54, 1.807) is 0 Å². The fourth-order valence-corrected chi connectivity index (χ4v) is 1.26. The van der Waals surface area contributed by atoms with Crippen molar-refractivity contribution in [3.05, 3.63) is 22.9 Å². The predicted octanol–water partition coefficient (Wildman–Crippen LogP) is 1.87. The minimum Gasteiger partial charge on any atom is -0.391 e. The van der Waals surface area contributed by atoms with Gasteiger partial charge in [-0.1, -0.05) is 0 Å². The van der Waals surface area contributed by atoms with E-state index in [-0.39, 0.29) is 0 Å². The van der Waals surface area contributed by atoms with Crippen molar-refractivity contribution >= 4 is 0 Å². The van der Waals surface area contributed by atoms with Crippen LogP contribution in [0.3, 0.4) is 0 Å². The number of rotatable bonds is 4. The number of aliphatic hydroxyl groups is 1. The number of pyridine rings is 1. The highest BCUT2D eigenvalue weighted by Gasteiger charge is 2.33. The Hall–Kier alpha value is -1.48. The molecule has 0 unspecified atom stereocenters. The highest BCUT2D eigenvalue weighted by Crippen LogP contribution is 2.30. The maximum Gasteiger partial charge on any atom is 0.574 e. The fourth-order valence-electron chi connectivity index (χ4n) is 1.26. The molecule has 0 atom stereocenters. The first-order valence-corrected chi connectivity index (χ1v) is 4.66. The van der Waals surface area contributed by atoms with Gasteiger partial charge in [-0.15, -0.1) is 13.2 Å². The van der Waals surface area contributed by atoms with E-state index < -0.39 is 48.6 Å². The molecule has 0 aliphatic heterocycles. The van der Waals surface area contributed by atoms with E-state index in [1.165, 1.54) is 0 Å². The fraction of sp³-hybridized carbons (Fsp3) is 0.444. The van der Waals surface area contributed by atoms with Crippen molar-refractivity contribution in [3.63, 3.8) is 0 Å². The zero-order valence-electron chi connectivity index (χ0n) is 8.84. The lowest BCUT2D eigenvalue weighted by Crippen LogP contribution is -2.20. The van der Waals surface area contributed by atoms with Crippen molar-refractivity contribution in [2.75, 3.05) is 0 Å². The van der Waals surface area contributed by atoms with Gasteiger partial charge in [0, 0.05) is 17.7 Å². The summed E-state index contributed by atoms with van der Waals surface area (Å²) in [6.45, 7) is -1.39. The summed E-state index contributed by atoms with van der Waals surface area (Å²) in [5, 5.41) is 8.82. The SMILES string of the molecule is NCc1nc(OC(F)(F)F)c(CO)cc1C(F)F. The maximum absolute atomic E-state index is 12.6. The zero-order valence-corrected chi connectivity index (χ0v) is 8.84. The summed E-state index contributed by atoms with van der Waals surface area (Å²) in [4.78, 5) is 3.26. The summed E-state index contributed by atoms with van der Waals surface area (Å²) in [6, 6.07) is 0.695. The summed E-state index contributed by atoms with van der Waals surface area (Å²) < 4.78 is 64.7. The van der Waals surface area contributed by atoms with Gasteiger partial charge in [-0.2, -0.15) is 0 Å². The number of halogens is 5. The standard InChI is InChI=1S/C9H9F5N2O2/c10-7(11)5-1-4(3-17)8(16-6(5)2-15)18-9(12,13)14/h1,7,17H,2-3,15H2. The van der Waals surface area contributed by atoms with Crippen LogP contribution in [0.1, 0.15) is 23.2 Å². The Morgan fingerprint density at radius 1 is 1.39 bits per heavy atom. The quantitative estimate of drug-likeness (QED) is 0.821. The molecule has 0 radical (unpaired) electrons. The zero-order chi connectivity index (χ0) is 13.9. The summed E-state index contributed by atoms with van der Waals surface area (Å²) in [7, 11) is 0. The average molecular weight is 272 g/mol. The first kappa shape index (κ1) is 14.6. The molecule has 4 nitrogen and oxygen atoms in total. The predicted molar refractivity (Wildman–Crippen MR) is 49.7 cm³/mol. The van der Waals surface area contributed by atoms with E-state index in [1.807, 2.05) is 0 Å². The van der Waals surface area contributed by atoms with Crippen LogP contribution in [0, 0.1) is 0 Å². The van der Waals surface area contributed by atoms with Gasteiger partial charge in [0.2, 0.25) is 5.88 Å². The molecule has 1 aromatic heterocycles. The second kappa shape index (κ2) is 5.44. The van der Waals surface area contributed by atoms with Crippen LogP contribution in [0.15, 0.2) is 6.07 Å². The molecule has 0 amide bonds. The third-order valence-electron chi connectivity index (χ3n) is 1.99. The van der Waals surface area contributed by atoms with Crippen molar-refractivity contribution in [1.82, 2.24) is 4.98 Å². The highest BCUT2D eigenvalue weighted by atomic mass is 19.4. The van der Waals surface area contributed by atoms with Crippen LogP contribution in [0.4, 0.5) is 22.0 Å². The summed E-state index contributed by atoms with van der Waals surface area (Å²) in [5.74, 6) is -0.977. The van der Waals surface area contributed by atoms with E-state index in [0.717, 1.165) is 0 Å². The number of aliphatic hydroxyl groups excluding tert-OH is 1. The molecule has 0 bridgehead atoms. The minimum absolute atomic E-state index is 0.415. The number of nitrogens with two attached hydrogens (primary N) is 1. The molecule has 9 heteroatoms. The van der Waals surface area contributed by atoms with Crippen LogP contribution in [-0.2, 0) is 13.2 Å². The highest BCUT2D eigenvalue weighted by molar-refractivity contribution is 5.35. The lowest BCUT2D eigenvalue weighted by molar-refractivity contribution is -0.276. The third-order valence-corrected chi connectivity index (χ3v) is 1.99. The molecule has 3 N–H and O–H groups in total. The molecule has 102 valence electrons. The summed E-state index contributed by atoms with van der Waals surface area (Å²) in [6.07, 6.45) is -7.99. The first-order valence-electron chi connectivity index (χ1n) is 4.66. The molecule has 0 saturated heterocycles. The van der Waals surface area contributed by atoms with E-state index in [9.17, 15) is 22.0 Å². The minimum atomic E-state index is -5.03. The number of aromatic nitrogens is 1. The van der Waals surface area contributed by atoms with Gasteiger partial charge >= 0.3 is 6.36 Å². The van der Waals surface area contributed by atoms with E-state index in [2.05, 4.69) is 9.72 Å². The number of alkyl halides is 5. The van der Waals surface area contributed by atoms with Gasteiger partial charge in [-0.3, -0.25) is 0 Å². The van der Waals surface area contributed by atoms with E-state index >= 15 is 0 Å². The molecule has 0 spiro atoms. The summed E-state index contributed by atoms with van der Waals surface area (Å²) >= 11 is 0. The van der Waals surface area contributed by atoms with Gasteiger partial charge in [0.05, 0.1) is 12.3 Å². The van der Waals surface area contributed by atoms with Crippen molar-refractivity contribution in [1.29, 1.82) is 0 Å². The summed E-state index contributed by atoms with van der Waals surface area (Å²) in [5.41, 5.74) is 3.59. The largest absolute Gasteiger partial charge is 0.574 e. The molecule has 1 rings (SSSR count). The van der Waals surface area contributed by atoms with E-state index in [4.69, 9.17) is 10.8 Å². The molecular formula is C9H9F5N2O2. The van der Waals surface area contributed by atoms with Crippen LogP contribution in [0.25, 0.3) is 0 Å². The Bertz CT molecular complexity index is 422. The van der Waals surface area contributed by atoms with Crippen LogP contribution >= 0.6 is 0 Å². The number of nitrogens with zero attached hydrogens (tertiary/aromatic N) is 1. The van der Waals surface area contributed by atoms with Gasteiger partial charge < -0.3 is 15.6 Å². The molecule has 0 saturated carbocycles. The lowest BCUT2D eigenvalue weighted by Gasteiger charge is -2.14. The Morgan fingerprint density at radius 2 is 2.00 bits per heavy atom. The molecule has 0 fully saturated rings. The van der Waals surface area contributed by atoms with Gasteiger partial charge in [-0.25, -0.2) is 13.8 Å². The second-order valence-electron chi connectivity index (χ2n) is 3.20. The van der Waals surface area contributed by atoms with Gasteiger partial charge in [0.25, 0.3) is 6.43 Å². The lowest BCUT2D eigenvalue weighted by atomic mass is 10.1. The number of hydrogen-bond donors (Lipinski definition) is 2. The normalized spacial score (nSPS) is 12.0. The van der Waals surface area contributed by atoms with Crippen LogP contribution in [-0.4, -0.2) is 16.5 Å². The monoisotopic (exact) mass is 272 g/mol. The Labute approximate surface area is 98.2 Å². The molecule has 18 heavy (non-hydrogen) atoms. The second-order valence-corrected chi connectivity index (χ2v) is 3.20. The molecular weight excluding hydrogens is 263 g/mol.